The van der Waals surface area contributed by atoms with Gasteiger partial charge in [0.05, 0.1) is 6.61 Å². The SMILES string of the molecule is CCOCCN1CCc2ccc(NC(=O)c3ccccc3)cc21. The zero-order chi connectivity index (χ0) is 16.1. The molecule has 1 amide bonds. The fourth-order valence-electron chi connectivity index (χ4n) is 2.87. The minimum Gasteiger partial charge on any atom is -0.380 e. The molecule has 0 unspecified atom stereocenters. The van der Waals surface area contributed by atoms with E-state index < -0.39 is 0 Å². The van der Waals surface area contributed by atoms with Gasteiger partial charge in [-0.25, -0.2) is 0 Å². The number of carbonyl (C=O) groups excluding carboxylic acids is 1. The van der Waals surface area contributed by atoms with Crippen LogP contribution in [0.25, 0.3) is 0 Å². The van der Waals surface area contributed by atoms with Crippen molar-refractivity contribution in [3.8, 4) is 0 Å². The van der Waals surface area contributed by atoms with Crippen LogP contribution in [0.4, 0.5) is 11.4 Å². The standard InChI is InChI=1S/C19H22N2O2/c1-2-23-13-12-21-11-10-15-8-9-17(14-18(15)21)20-19(22)16-6-4-3-5-7-16/h3-9,14H,2,10-13H2,1H3,(H,20,22). The van der Waals surface area contributed by atoms with Gasteiger partial charge < -0.3 is 15.0 Å². The summed E-state index contributed by atoms with van der Waals surface area (Å²) < 4.78 is 5.45. The second kappa shape index (κ2) is 7.29. The maximum atomic E-state index is 12.3. The normalized spacial score (nSPS) is 13.0. The summed E-state index contributed by atoms with van der Waals surface area (Å²) in [5.41, 5.74) is 4.04. The molecule has 0 saturated heterocycles. The van der Waals surface area contributed by atoms with Crippen molar-refractivity contribution >= 4 is 17.3 Å². The minimum atomic E-state index is -0.0792. The van der Waals surface area contributed by atoms with E-state index in [4.69, 9.17) is 4.74 Å². The largest absolute Gasteiger partial charge is 0.380 e. The van der Waals surface area contributed by atoms with E-state index in [0.717, 1.165) is 38.4 Å². The summed E-state index contributed by atoms with van der Waals surface area (Å²) in [6, 6.07) is 15.4. The van der Waals surface area contributed by atoms with Crippen molar-refractivity contribution in [2.75, 3.05) is 36.5 Å². The summed E-state index contributed by atoms with van der Waals surface area (Å²) in [7, 11) is 0. The molecule has 2 aromatic rings. The average Bonchev–Trinajstić information content (AvgIpc) is 2.98. The molecule has 0 aromatic heterocycles. The summed E-state index contributed by atoms with van der Waals surface area (Å²) in [5.74, 6) is -0.0792. The predicted octanol–water partition coefficient (Wildman–Crippen LogP) is 3.34. The Balaban J connectivity index is 1.70. The van der Waals surface area contributed by atoms with Gasteiger partial charge >= 0.3 is 0 Å². The number of nitrogens with zero attached hydrogens (tertiary/aromatic N) is 1. The summed E-state index contributed by atoms with van der Waals surface area (Å²) in [4.78, 5) is 14.6. The Kier molecular flexibility index (Phi) is 4.93. The number of hydrogen-bond donors (Lipinski definition) is 1. The Morgan fingerprint density at radius 2 is 2.04 bits per heavy atom. The first-order valence-corrected chi connectivity index (χ1v) is 8.10. The van der Waals surface area contributed by atoms with Gasteiger partial charge in [0, 0.05) is 36.6 Å². The molecule has 2 aromatic carbocycles. The highest BCUT2D eigenvalue weighted by molar-refractivity contribution is 6.04. The molecule has 4 heteroatoms. The lowest BCUT2D eigenvalue weighted by molar-refractivity contribution is 0.102. The minimum absolute atomic E-state index is 0.0792. The number of anilines is 2. The molecular formula is C19H22N2O2. The Morgan fingerprint density at radius 1 is 1.22 bits per heavy atom. The third kappa shape index (κ3) is 3.71. The molecule has 0 atom stereocenters. The highest BCUT2D eigenvalue weighted by Gasteiger charge is 2.19. The fraction of sp³-hybridized carbons (Fsp3) is 0.316. The lowest BCUT2D eigenvalue weighted by Crippen LogP contribution is -2.25. The molecule has 0 radical (unpaired) electrons. The fourth-order valence-corrected chi connectivity index (χ4v) is 2.87. The number of amides is 1. The van der Waals surface area contributed by atoms with Crippen LogP contribution in [0.15, 0.2) is 48.5 Å². The third-order valence-corrected chi connectivity index (χ3v) is 4.08. The van der Waals surface area contributed by atoms with Crippen molar-refractivity contribution < 1.29 is 9.53 Å². The van der Waals surface area contributed by atoms with E-state index in [1.165, 1.54) is 11.3 Å². The van der Waals surface area contributed by atoms with E-state index in [1.807, 2.05) is 43.3 Å². The Morgan fingerprint density at radius 3 is 2.83 bits per heavy atom. The molecular weight excluding hydrogens is 288 g/mol. The highest BCUT2D eigenvalue weighted by atomic mass is 16.5. The lowest BCUT2D eigenvalue weighted by Gasteiger charge is -2.20. The molecule has 4 nitrogen and oxygen atoms in total. The smallest absolute Gasteiger partial charge is 0.255 e. The Labute approximate surface area is 137 Å². The highest BCUT2D eigenvalue weighted by Crippen LogP contribution is 2.30. The maximum absolute atomic E-state index is 12.3. The van der Waals surface area contributed by atoms with Gasteiger partial charge in [-0.2, -0.15) is 0 Å². The first kappa shape index (κ1) is 15.6. The van der Waals surface area contributed by atoms with E-state index in [1.54, 1.807) is 0 Å². The summed E-state index contributed by atoms with van der Waals surface area (Å²) in [6.45, 7) is 5.38. The molecule has 1 aliphatic rings. The van der Waals surface area contributed by atoms with Gasteiger partial charge in [-0.05, 0) is 43.2 Å². The number of carbonyl (C=O) groups is 1. The van der Waals surface area contributed by atoms with Crippen LogP contribution in [0, 0.1) is 0 Å². The first-order valence-electron chi connectivity index (χ1n) is 8.10. The Hall–Kier alpha value is -2.33. The third-order valence-electron chi connectivity index (χ3n) is 4.08. The van der Waals surface area contributed by atoms with Crippen molar-refractivity contribution in [3.63, 3.8) is 0 Å². The molecule has 0 aliphatic carbocycles. The molecule has 1 aliphatic heterocycles. The average molecular weight is 310 g/mol. The summed E-state index contributed by atoms with van der Waals surface area (Å²) in [5, 5.41) is 2.98. The van der Waals surface area contributed by atoms with Crippen molar-refractivity contribution in [1.29, 1.82) is 0 Å². The first-order chi connectivity index (χ1) is 11.3. The van der Waals surface area contributed by atoms with E-state index in [0.29, 0.717) is 5.56 Å². The molecule has 0 fully saturated rings. The van der Waals surface area contributed by atoms with Crippen molar-refractivity contribution in [1.82, 2.24) is 0 Å². The van der Waals surface area contributed by atoms with Gasteiger partial charge in [0.25, 0.3) is 5.91 Å². The topological polar surface area (TPSA) is 41.6 Å². The van der Waals surface area contributed by atoms with Crippen molar-refractivity contribution in [2.24, 2.45) is 0 Å². The molecule has 3 rings (SSSR count). The van der Waals surface area contributed by atoms with Crippen LogP contribution in [0.3, 0.4) is 0 Å². The van der Waals surface area contributed by atoms with Gasteiger partial charge in [-0.15, -0.1) is 0 Å². The van der Waals surface area contributed by atoms with Crippen LogP contribution in [-0.4, -0.2) is 32.2 Å². The van der Waals surface area contributed by atoms with Gasteiger partial charge in [0.2, 0.25) is 0 Å². The van der Waals surface area contributed by atoms with Crippen LogP contribution in [0.1, 0.15) is 22.8 Å². The van der Waals surface area contributed by atoms with E-state index in [2.05, 4.69) is 22.3 Å². The number of nitrogens with one attached hydrogen (secondary N) is 1. The number of rotatable bonds is 6. The number of benzene rings is 2. The second-order valence-electron chi connectivity index (χ2n) is 5.60. The Bertz CT molecular complexity index is 670. The molecule has 120 valence electrons. The summed E-state index contributed by atoms with van der Waals surface area (Å²) >= 11 is 0. The maximum Gasteiger partial charge on any atom is 0.255 e. The number of fused-ring (bicyclic) bond motifs is 1. The van der Waals surface area contributed by atoms with Crippen LogP contribution in [-0.2, 0) is 11.2 Å². The van der Waals surface area contributed by atoms with Crippen molar-refractivity contribution in [2.45, 2.75) is 13.3 Å². The zero-order valence-electron chi connectivity index (χ0n) is 13.4. The van der Waals surface area contributed by atoms with E-state index in [9.17, 15) is 4.79 Å². The van der Waals surface area contributed by atoms with Crippen molar-refractivity contribution in [3.05, 3.63) is 59.7 Å². The molecule has 0 spiro atoms. The number of hydrogen-bond acceptors (Lipinski definition) is 3. The lowest BCUT2D eigenvalue weighted by atomic mass is 10.1. The monoisotopic (exact) mass is 310 g/mol. The second-order valence-corrected chi connectivity index (χ2v) is 5.60. The molecule has 1 heterocycles. The van der Waals surface area contributed by atoms with Crippen LogP contribution in [0.2, 0.25) is 0 Å². The molecule has 1 N–H and O–H groups in total. The van der Waals surface area contributed by atoms with E-state index in [-0.39, 0.29) is 5.91 Å². The molecule has 23 heavy (non-hydrogen) atoms. The predicted molar refractivity (Wildman–Crippen MR) is 93.2 cm³/mol. The van der Waals surface area contributed by atoms with Crippen LogP contribution >= 0.6 is 0 Å². The summed E-state index contributed by atoms with van der Waals surface area (Å²) in [6.07, 6.45) is 1.05. The molecule has 0 saturated carbocycles. The van der Waals surface area contributed by atoms with Gasteiger partial charge in [0.1, 0.15) is 0 Å². The number of ether oxygens (including phenoxy) is 1. The van der Waals surface area contributed by atoms with Gasteiger partial charge in [-0.1, -0.05) is 24.3 Å². The van der Waals surface area contributed by atoms with Crippen LogP contribution in [0.5, 0.6) is 0 Å². The van der Waals surface area contributed by atoms with Gasteiger partial charge in [-0.3, -0.25) is 4.79 Å². The molecule has 0 bridgehead atoms. The quantitative estimate of drug-likeness (QED) is 0.832. The van der Waals surface area contributed by atoms with Crippen LogP contribution < -0.4 is 10.2 Å². The van der Waals surface area contributed by atoms with Gasteiger partial charge in [0.15, 0.2) is 0 Å². The zero-order valence-corrected chi connectivity index (χ0v) is 13.4. The van der Waals surface area contributed by atoms with E-state index >= 15 is 0 Å².